The first-order valence-corrected chi connectivity index (χ1v) is 20.9. The monoisotopic (exact) mass is 772 g/mol. The van der Waals surface area contributed by atoms with Gasteiger partial charge in [0.15, 0.2) is 0 Å². The minimum absolute atomic E-state index is 0.0128. The van der Waals surface area contributed by atoms with Gasteiger partial charge in [-0.25, -0.2) is 4.79 Å². The smallest absolute Gasteiger partial charge is 0.351 e. The van der Waals surface area contributed by atoms with Gasteiger partial charge in [0, 0.05) is 32.1 Å². The molecule has 0 radical (unpaired) electrons. The fourth-order valence-electron chi connectivity index (χ4n) is 13.1. The number of hydrogen-bond donors (Lipinski definition) is 2. The molecular formula is C43H64O12. The van der Waals surface area contributed by atoms with Crippen LogP contribution in [0.3, 0.4) is 0 Å². The maximum Gasteiger partial charge on any atom is 0.351 e. The van der Waals surface area contributed by atoms with Crippen LogP contribution in [-0.4, -0.2) is 79.3 Å². The molecule has 0 amide bonds. The number of ether oxygens (including phenoxy) is 5. The summed E-state index contributed by atoms with van der Waals surface area (Å²) in [7, 11) is 0. The van der Waals surface area contributed by atoms with E-state index in [1.54, 1.807) is 20.8 Å². The Hall–Kier alpha value is -2.73. The zero-order valence-corrected chi connectivity index (χ0v) is 34.3. The van der Waals surface area contributed by atoms with E-state index < -0.39 is 86.3 Å². The SMILES string of the molecule is CCC(CC(CC(C)C(=O)OC1(C)CC(C)(C)OC1=O)C(=O)OC12CC3CC(O)(CC(O)(C3)C1)C2)C(=O)OC12CC3CC(C1)CC(C(=O)OC(C)(C)C)(C3)C2. The molecule has 2 N–H and O–H groups in total. The third kappa shape index (κ3) is 7.93. The molecule has 8 aliphatic carbocycles. The van der Waals surface area contributed by atoms with Crippen LogP contribution in [0.1, 0.15) is 158 Å². The van der Waals surface area contributed by atoms with Crippen molar-refractivity contribution < 1.29 is 57.9 Å². The van der Waals surface area contributed by atoms with E-state index in [1.807, 2.05) is 27.7 Å². The summed E-state index contributed by atoms with van der Waals surface area (Å²) in [6.45, 7) is 14.1. The maximum absolute atomic E-state index is 14.4. The molecule has 12 heteroatoms. The Morgan fingerprint density at radius 1 is 0.727 bits per heavy atom. The highest BCUT2D eigenvalue weighted by Gasteiger charge is 2.66. The van der Waals surface area contributed by atoms with Gasteiger partial charge in [-0.05, 0) is 130 Å². The molecule has 55 heavy (non-hydrogen) atoms. The molecule has 9 fully saturated rings. The molecule has 9 rings (SSSR count). The summed E-state index contributed by atoms with van der Waals surface area (Å²) < 4.78 is 30.1. The van der Waals surface area contributed by atoms with Gasteiger partial charge >= 0.3 is 29.8 Å². The number of hydrogen-bond acceptors (Lipinski definition) is 12. The number of aliphatic hydroxyl groups is 2. The van der Waals surface area contributed by atoms with Gasteiger partial charge in [-0.3, -0.25) is 19.2 Å². The number of cyclic esters (lactones) is 1. The van der Waals surface area contributed by atoms with Crippen LogP contribution >= 0.6 is 0 Å². The lowest BCUT2D eigenvalue weighted by molar-refractivity contribution is -0.263. The van der Waals surface area contributed by atoms with Crippen LogP contribution in [0.5, 0.6) is 0 Å². The Morgan fingerprint density at radius 3 is 1.82 bits per heavy atom. The number of rotatable bonds is 12. The summed E-state index contributed by atoms with van der Waals surface area (Å²) in [4.78, 5) is 68.8. The molecule has 0 spiro atoms. The first kappa shape index (κ1) is 40.5. The fourth-order valence-corrected chi connectivity index (χ4v) is 13.1. The van der Waals surface area contributed by atoms with E-state index in [2.05, 4.69) is 0 Å². The van der Waals surface area contributed by atoms with E-state index in [4.69, 9.17) is 23.7 Å². The van der Waals surface area contributed by atoms with E-state index in [0.29, 0.717) is 44.9 Å². The Morgan fingerprint density at radius 2 is 1.29 bits per heavy atom. The van der Waals surface area contributed by atoms with Crippen LogP contribution in [0.2, 0.25) is 0 Å². The summed E-state index contributed by atoms with van der Waals surface area (Å²) in [5.74, 6) is -4.48. The van der Waals surface area contributed by atoms with Gasteiger partial charge < -0.3 is 33.9 Å². The van der Waals surface area contributed by atoms with E-state index in [9.17, 15) is 34.2 Å². The lowest BCUT2D eigenvalue weighted by Crippen LogP contribution is -2.67. The second-order valence-electron chi connectivity index (χ2n) is 21.6. The molecule has 1 saturated heterocycles. The van der Waals surface area contributed by atoms with Gasteiger partial charge in [0.2, 0.25) is 5.60 Å². The van der Waals surface area contributed by atoms with Gasteiger partial charge in [0.05, 0.1) is 34.4 Å². The minimum Gasteiger partial charge on any atom is -0.460 e. The van der Waals surface area contributed by atoms with Crippen molar-refractivity contribution in [1.29, 1.82) is 0 Å². The lowest BCUT2D eigenvalue weighted by Gasteiger charge is -2.62. The van der Waals surface area contributed by atoms with Crippen LogP contribution in [-0.2, 0) is 47.7 Å². The number of carbonyl (C=O) groups is 5. The standard InChI is InChI=1S/C43H64O12/c1-9-29(32(45)52-42-17-26-11-27(18-42)14-39(13-26,21-42)35(48)54-36(3,4)5)12-30(10-25(2)31(44)51-38(8)20-37(6,7)55-34(38)47)33(46)53-43-19-28-15-40(49,23-43)22-41(50,16-28)24-43/h25-30,49-50H,9-24H2,1-8H3. The average molecular weight is 773 g/mol. The third-order valence-corrected chi connectivity index (χ3v) is 14.1. The maximum atomic E-state index is 14.4. The van der Waals surface area contributed by atoms with Crippen LogP contribution in [0.4, 0.5) is 0 Å². The van der Waals surface area contributed by atoms with Crippen LogP contribution < -0.4 is 0 Å². The highest BCUT2D eigenvalue weighted by Crippen LogP contribution is 2.64. The van der Waals surface area contributed by atoms with E-state index in [0.717, 1.165) is 19.3 Å². The molecule has 1 aliphatic heterocycles. The molecule has 8 atom stereocenters. The Balaban J connectivity index is 1.10. The minimum atomic E-state index is -1.47. The normalized spacial score (nSPS) is 42.3. The molecule has 0 aromatic heterocycles. The topological polar surface area (TPSA) is 172 Å². The third-order valence-electron chi connectivity index (χ3n) is 14.1. The lowest BCUT2D eigenvalue weighted by atomic mass is 9.48. The zero-order valence-electron chi connectivity index (χ0n) is 34.3. The summed E-state index contributed by atoms with van der Waals surface area (Å²) >= 11 is 0. The average Bonchev–Trinajstić information content (AvgIpc) is 3.19. The van der Waals surface area contributed by atoms with E-state index >= 15 is 0 Å². The van der Waals surface area contributed by atoms with Crippen molar-refractivity contribution in [3.05, 3.63) is 0 Å². The summed E-state index contributed by atoms with van der Waals surface area (Å²) in [6, 6.07) is 0. The van der Waals surface area contributed by atoms with E-state index in [1.165, 1.54) is 6.92 Å². The molecule has 8 saturated carbocycles. The molecule has 308 valence electrons. The van der Waals surface area contributed by atoms with Crippen molar-refractivity contribution in [1.82, 2.24) is 0 Å². The van der Waals surface area contributed by atoms with E-state index in [-0.39, 0.29) is 62.2 Å². The van der Waals surface area contributed by atoms with Crippen molar-refractivity contribution in [2.75, 3.05) is 0 Å². The molecule has 1 heterocycles. The van der Waals surface area contributed by atoms with Gasteiger partial charge in [0.1, 0.15) is 22.4 Å². The van der Waals surface area contributed by atoms with Crippen molar-refractivity contribution in [2.45, 2.75) is 197 Å². The molecule has 8 unspecified atom stereocenters. The second-order valence-corrected chi connectivity index (χ2v) is 21.6. The Labute approximate surface area is 325 Å². The molecule has 0 aromatic rings. The first-order chi connectivity index (χ1) is 25.3. The molecule has 8 bridgehead atoms. The first-order valence-electron chi connectivity index (χ1n) is 20.9. The molecular weight excluding hydrogens is 708 g/mol. The number of esters is 5. The van der Waals surface area contributed by atoms with Crippen molar-refractivity contribution in [2.24, 2.45) is 40.9 Å². The van der Waals surface area contributed by atoms with Gasteiger partial charge in [-0.15, -0.1) is 0 Å². The highest BCUT2D eigenvalue weighted by molar-refractivity contribution is 5.86. The summed E-state index contributed by atoms with van der Waals surface area (Å²) in [6.07, 6.45) is 7.23. The Kier molecular flexibility index (Phi) is 9.67. The van der Waals surface area contributed by atoms with Crippen LogP contribution in [0.25, 0.3) is 0 Å². The quantitative estimate of drug-likeness (QED) is 0.174. The van der Waals surface area contributed by atoms with Gasteiger partial charge in [-0.1, -0.05) is 13.8 Å². The zero-order chi connectivity index (χ0) is 40.2. The fraction of sp³-hybridized carbons (Fsp3) is 0.884. The van der Waals surface area contributed by atoms with Gasteiger partial charge in [0.25, 0.3) is 0 Å². The highest BCUT2D eigenvalue weighted by atomic mass is 16.6. The summed E-state index contributed by atoms with van der Waals surface area (Å²) in [5, 5.41) is 22.8. The summed E-state index contributed by atoms with van der Waals surface area (Å²) in [5.41, 5.74) is -7.68. The predicted molar refractivity (Wildman–Crippen MR) is 197 cm³/mol. The van der Waals surface area contributed by atoms with Crippen LogP contribution in [0, 0.1) is 40.9 Å². The van der Waals surface area contributed by atoms with Crippen LogP contribution in [0.15, 0.2) is 0 Å². The van der Waals surface area contributed by atoms with Crippen molar-refractivity contribution in [3.63, 3.8) is 0 Å². The van der Waals surface area contributed by atoms with Gasteiger partial charge in [-0.2, -0.15) is 0 Å². The molecule has 9 aliphatic rings. The second kappa shape index (κ2) is 13.1. The van der Waals surface area contributed by atoms with Crippen molar-refractivity contribution in [3.8, 4) is 0 Å². The van der Waals surface area contributed by atoms with Crippen molar-refractivity contribution >= 4 is 29.8 Å². The Bertz CT molecular complexity index is 1580. The predicted octanol–water partition coefficient (Wildman–Crippen LogP) is 6.04. The molecule has 12 nitrogen and oxygen atoms in total. The molecule has 0 aromatic carbocycles. The number of carbonyl (C=O) groups excluding carboxylic acids is 5. The largest absolute Gasteiger partial charge is 0.460 e.